The number of hydrogen-bond donors (Lipinski definition) is 0. The van der Waals surface area contributed by atoms with E-state index >= 15 is 0 Å². The first kappa shape index (κ1) is 10.4. The van der Waals surface area contributed by atoms with Gasteiger partial charge in [0.15, 0.2) is 0 Å². The summed E-state index contributed by atoms with van der Waals surface area (Å²) in [5, 5.41) is 6.65. The highest BCUT2D eigenvalue weighted by Crippen LogP contribution is 2.06. The van der Waals surface area contributed by atoms with E-state index in [1.54, 1.807) is 6.20 Å². The molecule has 0 spiro atoms. The van der Waals surface area contributed by atoms with Gasteiger partial charge in [0.25, 0.3) is 5.56 Å². The summed E-state index contributed by atoms with van der Waals surface area (Å²) in [7, 11) is 0. The van der Waals surface area contributed by atoms with E-state index in [9.17, 15) is 4.79 Å². The minimum atomic E-state index is -0.00551. The van der Waals surface area contributed by atoms with Gasteiger partial charge in [-0.3, -0.25) is 4.79 Å². The highest BCUT2D eigenvalue weighted by Gasteiger charge is 2.01. The fourth-order valence-corrected chi connectivity index (χ4v) is 1.75. The third-order valence-corrected chi connectivity index (χ3v) is 2.83. The highest BCUT2D eigenvalue weighted by atomic mass is 79.9. The zero-order valence-electron chi connectivity index (χ0n) is 8.19. The van der Waals surface area contributed by atoms with Crippen LogP contribution in [0.25, 0.3) is 10.8 Å². The van der Waals surface area contributed by atoms with Crippen LogP contribution in [0.4, 0.5) is 0 Å². The highest BCUT2D eigenvalue weighted by molar-refractivity contribution is 9.09. The molecule has 1 heterocycles. The molecule has 0 N–H and O–H groups in total. The first-order valence-corrected chi connectivity index (χ1v) is 5.96. The molecule has 0 fully saturated rings. The number of hydrogen-bond acceptors (Lipinski definition) is 2. The maximum atomic E-state index is 11.9. The Morgan fingerprint density at radius 2 is 2.13 bits per heavy atom. The molecule has 2 rings (SSSR count). The van der Waals surface area contributed by atoms with E-state index in [0.29, 0.717) is 6.54 Å². The molecule has 0 unspecified atom stereocenters. The Kier molecular flexibility index (Phi) is 3.16. The number of rotatable bonds is 3. The SMILES string of the molecule is O=c1c2ccccc2cnn1CCCBr. The summed E-state index contributed by atoms with van der Waals surface area (Å²) >= 11 is 3.34. The molecule has 1 aromatic heterocycles. The molecule has 0 saturated heterocycles. The lowest BCUT2D eigenvalue weighted by molar-refractivity contribution is 0.578. The standard InChI is InChI=1S/C11H11BrN2O/c12-6-3-7-14-11(15)10-5-2-1-4-9(10)8-13-14/h1-2,4-5,8H,3,6-7H2. The maximum absolute atomic E-state index is 11.9. The van der Waals surface area contributed by atoms with Crippen LogP contribution in [0.5, 0.6) is 0 Å². The van der Waals surface area contributed by atoms with E-state index in [0.717, 1.165) is 22.5 Å². The first-order valence-electron chi connectivity index (χ1n) is 4.84. The van der Waals surface area contributed by atoms with E-state index in [1.165, 1.54) is 4.68 Å². The Labute approximate surface area is 95.9 Å². The summed E-state index contributed by atoms with van der Waals surface area (Å²) in [6.07, 6.45) is 2.65. The minimum Gasteiger partial charge on any atom is -0.267 e. The fraction of sp³-hybridized carbons (Fsp3) is 0.273. The van der Waals surface area contributed by atoms with Gasteiger partial charge in [-0.1, -0.05) is 34.1 Å². The molecule has 15 heavy (non-hydrogen) atoms. The Morgan fingerprint density at radius 1 is 1.33 bits per heavy atom. The lowest BCUT2D eigenvalue weighted by Gasteiger charge is -2.03. The van der Waals surface area contributed by atoms with Crippen LogP contribution in [-0.2, 0) is 6.54 Å². The predicted octanol–water partition coefficient (Wildman–Crippen LogP) is 2.18. The lowest BCUT2D eigenvalue weighted by Crippen LogP contribution is -2.22. The van der Waals surface area contributed by atoms with Gasteiger partial charge in [-0.05, 0) is 12.5 Å². The van der Waals surface area contributed by atoms with Gasteiger partial charge in [0, 0.05) is 17.3 Å². The molecule has 2 aromatic rings. The zero-order chi connectivity index (χ0) is 10.7. The van der Waals surface area contributed by atoms with Crippen LogP contribution in [0.15, 0.2) is 35.3 Å². The van der Waals surface area contributed by atoms with E-state index < -0.39 is 0 Å². The van der Waals surface area contributed by atoms with Gasteiger partial charge < -0.3 is 0 Å². The van der Waals surface area contributed by atoms with E-state index in [2.05, 4.69) is 21.0 Å². The summed E-state index contributed by atoms with van der Waals surface area (Å²) in [5.41, 5.74) is -0.00551. The molecule has 0 atom stereocenters. The second kappa shape index (κ2) is 4.57. The molecule has 0 aliphatic heterocycles. The Balaban J connectivity index is 2.51. The maximum Gasteiger partial charge on any atom is 0.274 e. The van der Waals surface area contributed by atoms with E-state index in [1.807, 2.05) is 24.3 Å². The molecule has 1 aromatic carbocycles. The van der Waals surface area contributed by atoms with Crippen LogP contribution in [0.2, 0.25) is 0 Å². The van der Waals surface area contributed by atoms with Gasteiger partial charge in [0.05, 0.1) is 11.6 Å². The van der Waals surface area contributed by atoms with Crippen molar-refractivity contribution in [2.75, 3.05) is 5.33 Å². The topological polar surface area (TPSA) is 34.9 Å². The van der Waals surface area contributed by atoms with Crippen molar-refractivity contribution < 1.29 is 0 Å². The van der Waals surface area contributed by atoms with Gasteiger partial charge in [0.1, 0.15) is 0 Å². The number of aryl methyl sites for hydroxylation is 1. The first-order chi connectivity index (χ1) is 7.33. The number of halogens is 1. The van der Waals surface area contributed by atoms with Crippen LogP contribution in [0, 0.1) is 0 Å². The molecule has 0 amide bonds. The van der Waals surface area contributed by atoms with Crippen molar-refractivity contribution in [1.82, 2.24) is 9.78 Å². The van der Waals surface area contributed by atoms with Gasteiger partial charge in [0.2, 0.25) is 0 Å². The largest absolute Gasteiger partial charge is 0.274 e. The second-order valence-corrected chi connectivity index (χ2v) is 4.10. The van der Waals surface area contributed by atoms with Gasteiger partial charge in [-0.15, -0.1) is 0 Å². The molecule has 0 bridgehead atoms. The van der Waals surface area contributed by atoms with Crippen LogP contribution < -0.4 is 5.56 Å². The normalized spacial score (nSPS) is 10.7. The van der Waals surface area contributed by atoms with Crippen LogP contribution >= 0.6 is 15.9 Å². The fourth-order valence-electron chi connectivity index (χ4n) is 1.50. The Hall–Kier alpha value is -1.16. The molecule has 4 heteroatoms. The molecule has 0 aliphatic rings. The van der Waals surface area contributed by atoms with E-state index in [-0.39, 0.29) is 5.56 Å². The van der Waals surface area contributed by atoms with Crippen LogP contribution in [0.1, 0.15) is 6.42 Å². The van der Waals surface area contributed by atoms with E-state index in [4.69, 9.17) is 0 Å². The third-order valence-electron chi connectivity index (χ3n) is 2.27. The molecule has 78 valence electrons. The predicted molar refractivity (Wildman–Crippen MR) is 64.4 cm³/mol. The Morgan fingerprint density at radius 3 is 2.93 bits per heavy atom. The van der Waals surface area contributed by atoms with Crippen LogP contribution in [-0.4, -0.2) is 15.1 Å². The van der Waals surface area contributed by atoms with Crippen molar-refractivity contribution >= 4 is 26.7 Å². The van der Waals surface area contributed by atoms with Gasteiger partial charge >= 0.3 is 0 Å². The summed E-state index contributed by atoms with van der Waals surface area (Å²) < 4.78 is 1.52. The molecule has 0 aliphatic carbocycles. The number of benzene rings is 1. The average molecular weight is 267 g/mol. The number of fused-ring (bicyclic) bond motifs is 1. The quantitative estimate of drug-likeness (QED) is 0.799. The summed E-state index contributed by atoms with van der Waals surface area (Å²) in [6, 6.07) is 7.52. The number of aromatic nitrogens is 2. The molecular weight excluding hydrogens is 256 g/mol. The summed E-state index contributed by atoms with van der Waals surface area (Å²) in [4.78, 5) is 11.9. The number of nitrogens with zero attached hydrogens (tertiary/aromatic N) is 2. The van der Waals surface area contributed by atoms with Crippen molar-refractivity contribution in [1.29, 1.82) is 0 Å². The number of alkyl halides is 1. The monoisotopic (exact) mass is 266 g/mol. The average Bonchev–Trinajstić information content (AvgIpc) is 2.29. The summed E-state index contributed by atoms with van der Waals surface area (Å²) in [6.45, 7) is 0.662. The Bertz CT molecular complexity index is 521. The molecule has 0 saturated carbocycles. The minimum absolute atomic E-state index is 0.00551. The molecular formula is C11H11BrN2O. The lowest BCUT2D eigenvalue weighted by atomic mass is 10.2. The van der Waals surface area contributed by atoms with Crippen molar-refractivity contribution in [3.63, 3.8) is 0 Å². The third kappa shape index (κ3) is 2.09. The molecule has 0 radical (unpaired) electrons. The van der Waals surface area contributed by atoms with Crippen molar-refractivity contribution in [3.8, 4) is 0 Å². The smallest absolute Gasteiger partial charge is 0.267 e. The van der Waals surface area contributed by atoms with Crippen molar-refractivity contribution in [2.24, 2.45) is 0 Å². The van der Waals surface area contributed by atoms with Crippen molar-refractivity contribution in [3.05, 3.63) is 40.8 Å². The second-order valence-electron chi connectivity index (χ2n) is 3.30. The van der Waals surface area contributed by atoms with Gasteiger partial charge in [-0.2, -0.15) is 5.10 Å². The van der Waals surface area contributed by atoms with Crippen LogP contribution in [0.3, 0.4) is 0 Å². The van der Waals surface area contributed by atoms with Gasteiger partial charge in [-0.25, -0.2) is 4.68 Å². The zero-order valence-corrected chi connectivity index (χ0v) is 9.77. The summed E-state index contributed by atoms with van der Waals surface area (Å²) in [5.74, 6) is 0. The molecule has 3 nitrogen and oxygen atoms in total. The van der Waals surface area contributed by atoms with Crippen molar-refractivity contribution in [2.45, 2.75) is 13.0 Å².